The third-order valence-corrected chi connectivity index (χ3v) is 1.82. The molecule has 0 radical (unpaired) electrons. The zero-order chi connectivity index (χ0) is 6.27. The van der Waals surface area contributed by atoms with Crippen LogP contribution in [0.3, 0.4) is 0 Å². The predicted octanol–water partition coefficient (Wildman–Crippen LogP) is 2.23. The molecule has 0 amide bonds. The Labute approximate surface area is 54.8 Å². The van der Waals surface area contributed by atoms with Crippen molar-refractivity contribution in [2.45, 2.75) is 6.42 Å². The van der Waals surface area contributed by atoms with E-state index >= 15 is 0 Å². The van der Waals surface area contributed by atoms with E-state index < -0.39 is 0 Å². The van der Waals surface area contributed by atoms with Gasteiger partial charge in [0.25, 0.3) is 0 Å². The van der Waals surface area contributed by atoms with Gasteiger partial charge in [-0.1, -0.05) is 30.9 Å². The predicted molar refractivity (Wildman–Crippen MR) is 39.3 cm³/mol. The minimum atomic E-state index is 1.16. The molecular weight excluding hydrogens is 108 g/mol. The molecule has 0 aliphatic heterocycles. The van der Waals surface area contributed by atoms with Crippen molar-refractivity contribution in [2.24, 2.45) is 0 Å². The van der Waals surface area contributed by atoms with Crippen LogP contribution in [-0.2, 0) is 6.42 Å². The summed E-state index contributed by atoms with van der Waals surface area (Å²) in [6.45, 7) is 3.72. The SMILES string of the molecule is C=Cc1ccc2cc1C2. The highest BCUT2D eigenvalue weighted by atomic mass is 14.1. The van der Waals surface area contributed by atoms with Crippen LogP contribution in [0.15, 0.2) is 24.8 Å². The van der Waals surface area contributed by atoms with Gasteiger partial charge in [-0.05, 0) is 23.1 Å². The van der Waals surface area contributed by atoms with Crippen LogP contribution < -0.4 is 0 Å². The molecule has 1 aromatic rings. The lowest BCUT2D eigenvalue weighted by Gasteiger charge is -2.16. The molecule has 2 bridgehead atoms. The topological polar surface area (TPSA) is 0 Å². The van der Waals surface area contributed by atoms with Crippen LogP contribution in [0.2, 0.25) is 0 Å². The Kier molecular flexibility index (Phi) is 0.786. The molecule has 1 aromatic carbocycles. The van der Waals surface area contributed by atoms with Crippen molar-refractivity contribution >= 4 is 6.08 Å². The lowest BCUT2D eigenvalue weighted by Crippen LogP contribution is -2.02. The van der Waals surface area contributed by atoms with Crippen LogP contribution in [0.1, 0.15) is 16.7 Å². The number of rotatable bonds is 1. The maximum absolute atomic E-state index is 3.72. The summed E-state index contributed by atoms with van der Waals surface area (Å²) in [4.78, 5) is 0. The quantitative estimate of drug-likeness (QED) is 0.536. The third-order valence-electron chi connectivity index (χ3n) is 1.82. The molecule has 0 saturated carbocycles. The summed E-state index contributed by atoms with van der Waals surface area (Å²) in [7, 11) is 0. The molecule has 0 N–H and O–H groups in total. The lowest BCUT2D eigenvalue weighted by molar-refractivity contribution is 1.08. The average Bonchev–Trinajstić information content (AvgIpc) is 1.86. The first-order valence-corrected chi connectivity index (χ1v) is 3.14. The first-order chi connectivity index (χ1) is 4.40. The Morgan fingerprint density at radius 3 is 2.56 bits per heavy atom. The van der Waals surface area contributed by atoms with E-state index in [0.29, 0.717) is 0 Å². The second-order valence-electron chi connectivity index (χ2n) is 2.41. The highest BCUT2D eigenvalue weighted by molar-refractivity contribution is 5.58. The van der Waals surface area contributed by atoms with Gasteiger partial charge in [0.05, 0.1) is 0 Å². The lowest BCUT2D eigenvalue weighted by atomic mass is 9.89. The summed E-state index contributed by atoms with van der Waals surface area (Å²) in [5, 5.41) is 0. The van der Waals surface area contributed by atoms with E-state index in [1.807, 2.05) is 6.08 Å². The van der Waals surface area contributed by atoms with Crippen LogP contribution >= 0.6 is 0 Å². The molecule has 0 nitrogen and oxygen atoms in total. The molecule has 44 valence electrons. The Morgan fingerprint density at radius 1 is 1.44 bits per heavy atom. The first-order valence-electron chi connectivity index (χ1n) is 3.14. The number of hydrogen-bond acceptors (Lipinski definition) is 0. The molecule has 0 saturated heterocycles. The van der Waals surface area contributed by atoms with E-state index in [4.69, 9.17) is 0 Å². The molecule has 2 aliphatic rings. The van der Waals surface area contributed by atoms with Gasteiger partial charge in [0.1, 0.15) is 0 Å². The minimum Gasteiger partial charge on any atom is -0.0985 e. The summed E-state index contributed by atoms with van der Waals surface area (Å²) in [6, 6.07) is 6.50. The van der Waals surface area contributed by atoms with Crippen molar-refractivity contribution in [2.75, 3.05) is 0 Å². The first kappa shape index (κ1) is 4.80. The number of fused-ring (bicyclic) bond motifs is 2. The van der Waals surface area contributed by atoms with Crippen LogP contribution in [0.4, 0.5) is 0 Å². The second-order valence-corrected chi connectivity index (χ2v) is 2.41. The van der Waals surface area contributed by atoms with Crippen molar-refractivity contribution in [3.63, 3.8) is 0 Å². The van der Waals surface area contributed by atoms with Crippen molar-refractivity contribution in [3.05, 3.63) is 41.5 Å². The fraction of sp³-hybridized carbons (Fsp3) is 0.111. The summed E-state index contributed by atoms with van der Waals surface area (Å²) in [5.74, 6) is 0. The molecule has 0 aromatic heterocycles. The molecule has 9 heavy (non-hydrogen) atoms. The van der Waals surface area contributed by atoms with Crippen LogP contribution in [0, 0.1) is 0 Å². The molecular formula is C9H8. The van der Waals surface area contributed by atoms with Gasteiger partial charge in [-0.25, -0.2) is 0 Å². The monoisotopic (exact) mass is 116 g/mol. The number of benzene rings is 1. The molecule has 0 spiro atoms. The minimum absolute atomic E-state index is 1.16. The highest BCUT2D eigenvalue weighted by Gasteiger charge is 2.10. The zero-order valence-corrected chi connectivity index (χ0v) is 5.22. The fourth-order valence-corrected chi connectivity index (χ4v) is 1.21. The third kappa shape index (κ3) is 0.531. The highest BCUT2D eigenvalue weighted by Crippen LogP contribution is 2.25. The molecule has 0 fully saturated rings. The Balaban J connectivity index is 2.63. The van der Waals surface area contributed by atoms with Gasteiger partial charge in [-0.15, -0.1) is 0 Å². The van der Waals surface area contributed by atoms with Crippen molar-refractivity contribution in [3.8, 4) is 0 Å². The van der Waals surface area contributed by atoms with Crippen LogP contribution in [0.5, 0.6) is 0 Å². The van der Waals surface area contributed by atoms with Crippen LogP contribution in [-0.4, -0.2) is 0 Å². The van der Waals surface area contributed by atoms with E-state index in [-0.39, 0.29) is 0 Å². The molecule has 3 rings (SSSR count). The average molecular weight is 116 g/mol. The zero-order valence-electron chi connectivity index (χ0n) is 5.22. The van der Waals surface area contributed by atoms with Gasteiger partial charge in [0, 0.05) is 0 Å². The Hall–Kier alpha value is -1.04. The summed E-state index contributed by atoms with van der Waals surface area (Å²) in [6.07, 6.45) is 3.08. The molecule has 0 heteroatoms. The van der Waals surface area contributed by atoms with Gasteiger partial charge < -0.3 is 0 Å². The van der Waals surface area contributed by atoms with Crippen molar-refractivity contribution in [1.29, 1.82) is 0 Å². The molecule has 0 unspecified atom stereocenters. The van der Waals surface area contributed by atoms with Gasteiger partial charge in [0.2, 0.25) is 0 Å². The summed E-state index contributed by atoms with van der Waals surface area (Å²) >= 11 is 0. The van der Waals surface area contributed by atoms with Crippen molar-refractivity contribution < 1.29 is 0 Å². The Bertz CT molecular complexity index is 255. The summed E-state index contributed by atoms with van der Waals surface area (Å²) < 4.78 is 0. The molecule has 2 aliphatic carbocycles. The normalized spacial score (nSPS) is 12.4. The van der Waals surface area contributed by atoms with Gasteiger partial charge in [-0.3, -0.25) is 0 Å². The van der Waals surface area contributed by atoms with Crippen molar-refractivity contribution in [1.82, 2.24) is 0 Å². The number of hydrogen-bond donors (Lipinski definition) is 0. The van der Waals surface area contributed by atoms with E-state index in [9.17, 15) is 0 Å². The van der Waals surface area contributed by atoms with E-state index in [0.717, 1.165) is 6.42 Å². The fourth-order valence-electron chi connectivity index (χ4n) is 1.21. The van der Waals surface area contributed by atoms with E-state index in [1.165, 1.54) is 16.7 Å². The second kappa shape index (κ2) is 1.47. The summed E-state index contributed by atoms with van der Waals surface area (Å²) in [5.41, 5.74) is 4.20. The Morgan fingerprint density at radius 2 is 2.22 bits per heavy atom. The maximum Gasteiger partial charge on any atom is -0.00196 e. The smallest absolute Gasteiger partial charge is 0.00196 e. The van der Waals surface area contributed by atoms with Gasteiger partial charge in [0.15, 0.2) is 0 Å². The van der Waals surface area contributed by atoms with E-state index in [1.54, 1.807) is 0 Å². The molecule has 0 atom stereocenters. The standard InChI is InChI=1S/C9H8/c1-2-8-4-3-7-5-9(8)6-7/h2-5H,1,6H2. The maximum atomic E-state index is 3.72. The van der Waals surface area contributed by atoms with E-state index in [2.05, 4.69) is 24.8 Å². The largest absolute Gasteiger partial charge is 0.0985 e. The van der Waals surface area contributed by atoms with Crippen LogP contribution in [0.25, 0.3) is 6.08 Å². The molecule has 0 heterocycles. The van der Waals surface area contributed by atoms with Gasteiger partial charge >= 0.3 is 0 Å². The van der Waals surface area contributed by atoms with Gasteiger partial charge in [-0.2, -0.15) is 0 Å².